The van der Waals surface area contributed by atoms with Crippen LogP contribution in [0.15, 0.2) is 24.3 Å². The predicted octanol–water partition coefficient (Wildman–Crippen LogP) is 4.37. The van der Waals surface area contributed by atoms with Gasteiger partial charge >= 0.3 is 0 Å². The van der Waals surface area contributed by atoms with Gasteiger partial charge in [-0.1, -0.05) is 32.9 Å². The zero-order valence-electron chi connectivity index (χ0n) is 13.2. The quantitative estimate of drug-likeness (QED) is 0.748. The summed E-state index contributed by atoms with van der Waals surface area (Å²) in [7, 11) is 0. The molecule has 1 atom stereocenters. The smallest absolute Gasteiger partial charge is 0.0368 e. The summed E-state index contributed by atoms with van der Waals surface area (Å²) in [5, 5.41) is 3.53. The molecule has 2 nitrogen and oxygen atoms in total. The van der Waals surface area contributed by atoms with Crippen LogP contribution in [0.4, 0.5) is 5.69 Å². The molecule has 0 amide bonds. The number of anilines is 1. The molecule has 0 aromatic heterocycles. The second-order valence-electron chi connectivity index (χ2n) is 5.40. The van der Waals surface area contributed by atoms with Gasteiger partial charge in [-0.15, -0.1) is 0 Å². The summed E-state index contributed by atoms with van der Waals surface area (Å²) in [6.45, 7) is 13.3. The maximum atomic E-state index is 3.53. The molecule has 1 unspecified atom stereocenters. The van der Waals surface area contributed by atoms with Gasteiger partial charge in [0, 0.05) is 24.3 Å². The lowest BCUT2D eigenvalue weighted by Gasteiger charge is -2.29. The highest BCUT2D eigenvalue weighted by Crippen LogP contribution is 2.22. The average Bonchev–Trinajstić information content (AvgIpc) is 2.42. The van der Waals surface area contributed by atoms with Crippen molar-refractivity contribution in [2.24, 2.45) is 0 Å². The van der Waals surface area contributed by atoms with Gasteiger partial charge in [-0.2, -0.15) is 0 Å². The Morgan fingerprint density at radius 1 is 1.05 bits per heavy atom. The van der Waals surface area contributed by atoms with Gasteiger partial charge in [0.05, 0.1) is 0 Å². The van der Waals surface area contributed by atoms with Crippen molar-refractivity contribution in [3.05, 3.63) is 29.8 Å². The Balaban J connectivity index is 2.84. The van der Waals surface area contributed by atoms with Crippen LogP contribution in [0.2, 0.25) is 0 Å². The fourth-order valence-electron chi connectivity index (χ4n) is 2.57. The molecule has 0 heterocycles. The van der Waals surface area contributed by atoms with Crippen LogP contribution in [0.5, 0.6) is 0 Å². The Bertz CT molecular complexity index is 343. The second-order valence-corrected chi connectivity index (χ2v) is 5.40. The summed E-state index contributed by atoms with van der Waals surface area (Å²) in [6, 6.07) is 10.1. The molecule has 0 spiro atoms. The number of nitrogens with zero attached hydrogens (tertiary/aromatic N) is 1. The van der Waals surface area contributed by atoms with Gasteiger partial charge in [0.25, 0.3) is 0 Å². The minimum absolute atomic E-state index is 0.484. The van der Waals surface area contributed by atoms with Crippen molar-refractivity contribution < 1.29 is 0 Å². The number of rotatable bonds is 8. The van der Waals surface area contributed by atoms with Crippen molar-refractivity contribution in [2.75, 3.05) is 18.0 Å². The van der Waals surface area contributed by atoms with Gasteiger partial charge in [0.1, 0.15) is 0 Å². The summed E-state index contributed by atoms with van der Waals surface area (Å²) in [5.41, 5.74) is 2.74. The standard InChI is InChI=1S/C17H30N2/c1-6-13-19(14(4)5)16-11-9-15(10-12-16)17(7-2)18-8-3/h9-12,14,17-18H,6-8,13H2,1-5H3. The zero-order valence-corrected chi connectivity index (χ0v) is 13.2. The largest absolute Gasteiger partial charge is 0.369 e. The van der Waals surface area contributed by atoms with Crippen molar-refractivity contribution >= 4 is 5.69 Å². The molecule has 1 aromatic carbocycles. The van der Waals surface area contributed by atoms with E-state index < -0.39 is 0 Å². The van der Waals surface area contributed by atoms with Crippen molar-refractivity contribution in [3.8, 4) is 0 Å². The van der Waals surface area contributed by atoms with E-state index in [0.29, 0.717) is 12.1 Å². The van der Waals surface area contributed by atoms with Crippen molar-refractivity contribution in [1.29, 1.82) is 0 Å². The van der Waals surface area contributed by atoms with E-state index in [1.165, 1.54) is 17.7 Å². The first kappa shape index (κ1) is 16.0. The molecule has 0 aliphatic heterocycles. The van der Waals surface area contributed by atoms with E-state index >= 15 is 0 Å². The van der Waals surface area contributed by atoms with Crippen molar-refractivity contribution in [1.82, 2.24) is 5.32 Å². The van der Waals surface area contributed by atoms with Gasteiger partial charge in [-0.05, 0) is 50.9 Å². The van der Waals surface area contributed by atoms with E-state index in [2.05, 4.69) is 69.1 Å². The van der Waals surface area contributed by atoms with Crippen molar-refractivity contribution in [3.63, 3.8) is 0 Å². The highest BCUT2D eigenvalue weighted by Gasteiger charge is 2.11. The summed E-state index contributed by atoms with van der Waals surface area (Å²) < 4.78 is 0. The van der Waals surface area contributed by atoms with Gasteiger partial charge in [-0.3, -0.25) is 0 Å². The lowest BCUT2D eigenvalue weighted by molar-refractivity contribution is 0.537. The normalized spacial score (nSPS) is 12.7. The molecule has 0 saturated carbocycles. The first-order valence-electron chi connectivity index (χ1n) is 7.73. The van der Waals surface area contributed by atoms with Crippen LogP contribution in [-0.4, -0.2) is 19.1 Å². The topological polar surface area (TPSA) is 15.3 Å². The Morgan fingerprint density at radius 2 is 1.68 bits per heavy atom. The Morgan fingerprint density at radius 3 is 2.11 bits per heavy atom. The number of benzene rings is 1. The second kappa shape index (κ2) is 8.21. The molecule has 0 bridgehead atoms. The Kier molecular flexibility index (Phi) is 6.93. The molecule has 0 saturated heterocycles. The third-order valence-electron chi connectivity index (χ3n) is 3.57. The van der Waals surface area contributed by atoms with Crippen LogP contribution in [0.3, 0.4) is 0 Å². The van der Waals surface area contributed by atoms with Crippen LogP contribution in [0, 0.1) is 0 Å². The fourth-order valence-corrected chi connectivity index (χ4v) is 2.57. The maximum absolute atomic E-state index is 3.53. The fraction of sp³-hybridized carbons (Fsp3) is 0.647. The van der Waals surface area contributed by atoms with Crippen LogP contribution in [0.25, 0.3) is 0 Å². The molecule has 0 fully saturated rings. The van der Waals surface area contributed by atoms with Crippen LogP contribution in [-0.2, 0) is 0 Å². The average molecular weight is 262 g/mol. The molecule has 19 heavy (non-hydrogen) atoms. The number of nitrogens with one attached hydrogen (secondary N) is 1. The molecular weight excluding hydrogens is 232 g/mol. The minimum Gasteiger partial charge on any atom is -0.369 e. The van der Waals surface area contributed by atoms with E-state index in [1.54, 1.807) is 0 Å². The molecule has 0 radical (unpaired) electrons. The summed E-state index contributed by atoms with van der Waals surface area (Å²) in [5.74, 6) is 0. The third-order valence-corrected chi connectivity index (χ3v) is 3.57. The predicted molar refractivity (Wildman–Crippen MR) is 85.9 cm³/mol. The van der Waals surface area contributed by atoms with Gasteiger partial charge in [0.15, 0.2) is 0 Å². The third kappa shape index (κ3) is 4.54. The van der Waals surface area contributed by atoms with E-state index in [9.17, 15) is 0 Å². The van der Waals surface area contributed by atoms with Gasteiger partial charge < -0.3 is 10.2 Å². The molecule has 2 heteroatoms. The van der Waals surface area contributed by atoms with E-state index in [1.807, 2.05) is 0 Å². The molecular formula is C17H30N2. The van der Waals surface area contributed by atoms with E-state index in [-0.39, 0.29) is 0 Å². The first-order chi connectivity index (χ1) is 9.13. The van der Waals surface area contributed by atoms with Gasteiger partial charge in [-0.25, -0.2) is 0 Å². The minimum atomic E-state index is 0.484. The van der Waals surface area contributed by atoms with E-state index in [0.717, 1.165) is 19.5 Å². The summed E-state index contributed by atoms with van der Waals surface area (Å²) >= 11 is 0. The zero-order chi connectivity index (χ0) is 14.3. The molecule has 1 N–H and O–H groups in total. The number of hydrogen-bond donors (Lipinski definition) is 1. The summed E-state index contributed by atoms with van der Waals surface area (Å²) in [4.78, 5) is 2.47. The lowest BCUT2D eigenvalue weighted by atomic mass is 10.0. The molecule has 0 aliphatic carbocycles. The maximum Gasteiger partial charge on any atom is 0.0368 e. The van der Waals surface area contributed by atoms with E-state index in [4.69, 9.17) is 0 Å². The number of hydrogen-bond acceptors (Lipinski definition) is 2. The molecule has 1 rings (SSSR count). The van der Waals surface area contributed by atoms with Crippen LogP contribution in [0.1, 0.15) is 59.1 Å². The highest BCUT2D eigenvalue weighted by atomic mass is 15.1. The Hall–Kier alpha value is -1.02. The molecule has 1 aromatic rings. The van der Waals surface area contributed by atoms with Crippen molar-refractivity contribution in [2.45, 2.75) is 59.5 Å². The highest BCUT2D eigenvalue weighted by molar-refractivity contribution is 5.48. The lowest BCUT2D eigenvalue weighted by Crippen LogP contribution is -2.31. The van der Waals surface area contributed by atoms with Gasteiger partial charge in [0.2, 0.25) is 0 Å². The first-order valence-corrected chi connectivity index (χ1v) is 7.73. The monoisotopic (exact) mass is 262 g/mol. The Labute approximate surface area is 119 Å². The molecule has 0 aliphatic rings. The summed E-state index contributed by atoms with van der Waals surface area (Å²) in [6.07, 6.45) is 2.32. The molecule has 108 valence electrons. The van der Waals surface area contributed by atoms with Crippen LogP contribution >= 0.6 is 0 Å². The SMILES string of the molecule is CCCN(c1ccc(C(CC)NCC)cc1)C(C)C. The van der Waals surface area contributed by atoms with Crippen LogP contribution < -0.4 is 10.2 Å².